The Morgan fingerprint density at radius 2 is 1.82 bits per heavy atom. The van der Waals surface area contributed by atoms with Crippen LogP contribution in [0.25, 0.3) is 11.7 Å². The maximum Gasteiger partial charge on any atom is 0.272 e. The Morgan fingerprint density at radius 3 is 2.57 bits per heavy atom. The number of rotatable bonds is 4. The number of pyridine rings is 1. The van der Waals surface area contributed by atoms with Crippen LogP contribution in [0.3, 0.4) is 0 Å². The van der Waals surface area contributed by atoms with E-state index in [1.54, 1.807) is 0 Å². The van der Waals surface area contributed by atoms with Crippen LogP contribution in [-0.4, -0.2) is 57.8 Å². The van der Waals surface area contributed by atoms with Crippen LogP contribution in [0.5, 0.6) is 0 Å². The van der Waals surface area contributed by atoms with E-state index < -0.39 is 0 Å². The molecule has 28 heavy (non-hydrogen) atoms. The second-order valence-corrected chi connectivity index (χ2v) is 7.38. The maximum atomic E-state index is 13.1. The lowest BCUT2D eigenvalue weighted by Crippen LogP contribution is -2.49. The number of amides is 1. The highest BCUT2D eigenvalue weighted by atomic mass is 16.2. The van der Waals surface area contributed by atoms with Gasteiger partial charge >= 0.3 is 0 Å². The topological polar surface area (TPSA) is 40.9 Å². The van der Waals surface area contributed by atoms with Gasteiger partial charge in [-0.15, -0.1) is 0 Å². The van der Waals surface area contributed by atoms with E-state index in [4.69, 9.17) is 0 Å². The van der Waals surface area contributed by atoms with Crippen molar-refractivity contribution in [3.05, 3.63) is 77.3 Å². The molecular formula is C23H26N4O. The molecule has 0 atom stereocenters. The molecule has 5 heteroatoms. The van der Waals surface area contributed by atoms with Gasteiger partial charge in [0.05, 0.1) is 5.69 Å². The van der Waals surface area contributed by atoms with Gasteiger partial charge in [0.25, 0.3) is 5.91 Å². The molecule has 1 amide bonds. The fourth-order valence-corrected chi connectivity index (χ4v) is 3.71. The Hall–Kier alpha value is -2.92. The van der Waals surface area contributed by atoms with Crippen LogP contribution in [0.2, 0.25) is 0 Å². The van der Waals surface area contributed by atoms with E-state index in [-0.39, 0.29) is 5.91 Å². The lowest BCUT2D eigenvalue weighted by atomic mass is 10.2. The van der Waals surface area contributed by atoms with Crippen molar-refractivity contribution in [1.82, 2.24) is 19.2 Å². The Kier molecular flexibility index (Phi) is 5.26. The number of fused-ring (bicyclic) bond motifs is 1. The van der Waals surface area contributed by atoms with Crippen molar-refractivity contribution < 1.29 is 4.79 Å². The molecule has 1 aliphatic heterocycles. The molecule has 0 N–H and O–H groups in total. The molecule has 0 saturated carbocycles. The van der Waals surface area contributed by atoms with Crippen LogP contribution in [-0.2, 0) is 0 Å². The second-order valence-electron chi connectivity index (χ2n) is 7.38. The van der Waals surface area contributed by atoms with Crippen LogP contribution < -0.4 is 0 Å². The first-order valence-corrected chi connectivity index (χ1v) is 9.80. The number of aromatic nitrogens is 2. The third-order valence-corrected chi connectivity index (χ3v) is 5.29. The standard InChI is InChI=1S/C23H26N4O/c1-18-10-12-27-21(17-18)24-19(2)22(27)23(28)26-15-13-25(14-16-26)11-6-9-20-7-4-3-5-8-20/h3-10,12,17H,11,13-16H2,1-2H3/b9-6+. The van der Waals surface area contributed by atoms with Crippen molar-refractivity contribution >= 4 is 17.6 Å². The largest absolute Gasteiger partial charge is 0.335 e. The van der Waals surface area contributed by atoms with Crippen LogP contribution in [0.1, 0.15) is 27.3 Å². The molecule has 2 aromatic heterocycles. The predicted molar refractivity (Wildman–Crippen MR) is 112 cm³/mol. The first-order chi connectivity index (χ1) is 13.6. The van der Waals surface area contributed by atoms with Crippen molar-refractivity contribution in [3.63, 3.8) is 0 Å². The smallest absolute Gasteiger partial charge is 0.272 e. The summed E-state index contributed by atoms with van der Waals surface area (Å²) in [7, 11) is 0. The van der Waals surface area contributed by atoms with Crippen LogP contribution >= 0.6 is 0 Å². The summed E-state index contributed by atoms with van der Waals surface area (Å²) in [6.07, 6.45) is 6.30. The molecule has 0 spiro atoms. The summed E-state index contributed by atoms with van der Waals surface area (Å²) in [5.74, 6) is 0.0772. The van der Waals surface area contributed by atoms with Gasteiger partial charge in [-0.05, 0) is 37.1 Å². The predicted octanol–water partition coefficient (Wildman–Crippen LogP) is 3.42. The molecule has 1 fully saturated rings. The Balaban J connectivity index is 1.38. The summed E-state index contributed by atoms with van der Waals surface area (Å²) in [6.45, 7) is 8.13. The van der Waals surface area contributed by atoms with Gasteiger partial charge in [-0.25, -0.2) is 4.98 Å². The first kappa shape index (κ1) is 18.4. The van der Waals surface area contributed by atoms with Crippen molar-refractivity contribution in [2.75, 3.05) is 32.7 Å². The van der Waals surface area contributed by atoms with Gasteiger partial charge in [0.1, 0.15) is 11.3 Å². The van der Waals surface area contributed by atoms with Crippen molar-refractivity contribution in [2.24, 2.45) is 0 Å². The number of imidazole rings is 1. The molecule has 3 aromatic rings. The quantitative estimate of drug-likeness (QED) is 0.703. The third-order valence-electron chi connectivity index (χ3n) is 5.29. The molecule has 5 nitrogen and oxygen atoms in total. The number of hydrogen-bond acceptors (Lipinski definition) is 3. The molecule has 4 rings (SSSR count). The van der Waals surface area contributed by atoms with E-state index in [0.29, 0.717) is 5.69 Å². The van der Waals surface area contributed by atoms with E-state index in [9.17, 15) is 4.79 Å². The summed E-state index contributed by atoms with van der Waals surface area (Å²) in [5.41, 5.74) is 4.69. The molecule has 1 aliphatic rings. The van der Waals surface area contributed by atoms with Crippen LogP contribution in [0, 0.1) is 13.8 Å². The normalized spacial score (nSPS) is 15.6. The van der Waals surface area contributed by atoms with Gasteiger partial charge in [0.2, 0.25) is 0 Å². The van der Waals surface area contributed by atoms with Gasteiger partial charge in [0, 0.05) is 38.9 Å². The van der Waals surface area contributed by atoms with Gasteiger partial charge in [0.15, 0.2) is 0 Å². The third kappa shape index (κ3) is 3.85. The lowest BCUT2D eigenvalue weighted by Gasteiger charge is -2.34. The van der Waals surface area contributed by atoms with Crippen molar-refractivity contribution in [2.45, 2.75) is 13.8 Å². The summed E-state index contributed by atoms with van der Waals surface area (Å²) in [4.78, 5) is 22.0. The highest BCUT2D eigenvalue weighted by Gasteiger charge is 2.25. The van der Waals surface area contributed by atoms with Gasteiger partial charge in [-0.1, -0.05) is 42.5 Å². The summed E-state index contributed by atoms with van der Waals surface area (Å²) < 4.78 is 1.92. The maximum absolute atomic E-state index is 13.1. The van der Waals surface area contributed by atoms with E-state index in [1.165, 1.54) is 5.56 Å². The van der Waals surface area contributed by atoms with Crippen LogP contribution in [0.4, 0.5) is 0 Å². The molecule has 3 heterocycles. The van der Waals surface area contributed by atoms with Gasteiger partial charge in [-0.2, -0.15) is 0 Å². The molecule has 0 aliphatic carbocycles. The minimum absolute atomic E-state index is 0.0772. The number of nitrogens with zero attached hydrogens (tertiary/aromatic N) is 4. The summed E-state index contributed by atoms with van der Waals surface area (Å²) in [6, 6.07) is 14.4. The highest BCUT2D eigenvalue weighted by Crippen LogP contribution is 2.17. The number of hydrogen-bond donors (Lipinski definition) is 0. The van der Waals surface area contributed by atoms with Crippen molar-refractivity contribution in [3.8, 4) is 0 Å². The average Bonchev–Trinajstić information content (AvgIpc) is 3.03. The fraction of sp³-hybridized carbons (Fsp3) is 0.304. The number of aryl methyl sites for hydroxylation is 2. The number of benzene rings is 1. The Morgan fingerprint density at radius 1 is 1.07 bits per heavy atom. The molecule has 0 radical (unpaired) electrons. The molecule has 0 bridgehead atoms. The number of piperazine rings is 1. The first-order valence-electron chi connectivity index (χ1n) is 9.80. The minimum Gasteiger partial charge on any atom is -0.335 e. The second kappa shape index (κ2) is 7.98. The van der Waals surface area contributed by atoms with E-state index in [0.717, 1.165) is 49.6 Å². The zero-order valence-electron chi connectivity index (χ0n) is 16.5. The van der Waals surface area contributed by atoms with Gasteiger partial charge in [-0.3, -0.25) is 14.1 Å². The SMILES string of the molecule is Cc1ccn2c(C(=O)N3CCN(C/C=C/c4ccccc4)CC3)c(C)nc2c1. The van der Waals surface area contributed by atoms with Crippen molar-refractivity contribution in [1.29, 1.82) is 0 Å². The summed E-state index contributed by atoms with van der Waals surface area (Å²) in [5, 5.41) is 0. The molecule has 1 aromatic carbocycles. The highest BCUT2D eigenvalue weighted by molar-refractivity contribution is 5.94. The zero-order valence-corrected chi connectivity index (χ0v) is 16.5. The molecule has 1 saturated heterocycles. The molecule has 0 unspecified atom stereocenters. The van der Waals surface area contributed by atoms with E-state index >= 15 is 0 Å². The number of carbonyl (C=O) groups is 1. The zero-order chi connectivity index (χ0) is 19.5. The minimum atomic E-state index is 0.0772. The van der Waals surface area contributed by atoms with Gasteiger partial charge < -0.3 is 4.90 Å². The average molecular weight is 374 g/mol. The van der Waals surface area contributed by atoms with Crippen LogP contribution in [0.15, 0.2) is 54.7 Å². The van der Waals surface area contributed by atoms with E-state index in [2.05, 4.69) is 34.2 Å². The summed E-state index contributed by atoms with van der Waals surface area (Å²) >= 11 is 0. The molecule has 144 valence electrons. The Labute approximate surface area is 165 Å². The lowest BCUT2D eigenvalue weighted by molar-refractivity contribution is 0.0642. The number of carbonyl (C=O) groups excluding carboxylic acids is 1. The Bertz CT molecular complexity index is 998. The fourth-order valence-electron chi connectivity index (χ4n) is 3.71. The molecular weight excluding hydrogens is 348 g/mol. The van der Waals surface area contributed by atoms with E-state index in [1.807, 2.05) is 59.7 Å². The monoisotopic (exact) mass is 374 g/mol.